The van der Waals surface area contributed by atoms with Gasteiger partial charge < -0.3 is 0 Å². The zero-order valence-electron chi connectivity index (χ0n) is 15.9. The Kier molecular flexibility index (Phi) is 5.92. The molecule has 0 atom stereocenters. The Morgan fingerprint density at radius 1 is 0.821 bits per heavy atom. The van der Waals surface area contributed by atoms with Gasteiger partial charge in [-0.05, 0) is 51.1 Å². The van der Waals surface area contributed by atoms with E-state index in [4.69, 9.17) is 23.2 Å². The molecule has 0 spiro atoms. The third-order valence-corrected chi connectivity index (χ3v) is 5.28. The lowest BCUT2D eigenvalue weighted by molar-refractivity contribution is 0.0908. The number of carbonyl (C=O) groups is 2. The lowest BCUT2D eigenvalue weighted by atomic mass is 10.1. The molecular weight excluding hydrogens is 395 g/mol. The van der Waals surface area contributed by atoms with Crippen molar-refractivity contribution in [1.29, 1.82) is 0 Å². The number of aryl methyl sites for hydroxylation is 3. The maximum absolute atomic E-state index is 13.3. The zero-order chi connectivity index (χ0) is 20.4. The second-order valence-corrected chi connectivity index (χ2v) is 7.52. The predicted octanol–water partition coefficient (Wildman–Crippen LogP) is 5.38. The number of rotatable bonds is 5. The molecule has 3 rings (SSSR count). The van der Waals surface area contributed by atoms with Gasteiger partial charge >= 0.3 is 0 Å². The molecule has 1 heterocycles. The van der Waals surface area contributed by atoms with Crippen LogP contribution in [0, 0.1) is 20.8 Å². The first kappa shape index (κ1) is 20.2. The van der Waals surface area contributed by atoms with Gasteiger partial charge in [0.15, 0.2) is 5.78 Å². The van der Waals surface area contributed by atoms with Crippen molar-refractivity contribution >= 4 is 34.9 Å². The minimum atomic E-state index is -0.332. The van der Waals surface area contributed by atoms with Crippen molar-refractivity contribution in [3.05, 3.63) is 92.7 Å². The van der Waals surface area contributed by atoms with Crippen LogP contribution in [0.3, 0.4) is 0 Å². The summed E-state index contributed by atoms with van der Waals surface area (Å²) in [5, 5.41) is 2.10. The van der Waals surface area contributed by atoms with Crippen LogP contribution in [0.15, 0.2) is 54.6 Å². The smallest absolute Gasteiger partial charge is 0.273 e. The number of hydrogen-bond donors (Lipinski definition) is 0. The first-order valence-electron chi connectivity index (χ1n) is 8.80. The molecule has 3 aromatic rings. The molecule has 144 valence electrons. The Bertz CT molecular complexity index is 1020. The lowest BCUT2D eigenvalue weighted by Crippen LogP contribution is -2.45. The molecule has 0 aliphatic rings. The number of benzene rings is 2. The van der Waals surface area contributed by atoms with Crippen molar-refractivity contribution in [3.8, 4) is 0 Å². The number of aromatic nitrogens is 1. The molecule has 0 saturated carbocycles. The first-order chi connectivity index (χ1) is 13.3. The van der Waals surface area contributed by atoms with Crippen LogP contribution in [0.5, 0.6) is 0 Å². The summed E-state index contributed by atoms with van der Waals surface area (Å²) in [6.45, 7) is 5.64. The second-order valence-electron chi connectivity index (χ2n) is 6.71. The highest BCUT2D eigenvalue weighted by Crippen LogP contribution is 2.24. The fourth-order valence-corrected chi connectivity index (χ4v) is 3.32. The average molecular weight is 415 g/mol. The van der Waals surface area contributed by atoms with Crippen LogP contribution in [-0.2, 0) is 0 Å². The Labute approximate surface area is 174 Å². The summed E-state index contributed by atoms with van der Waals surface area (Å²) < 4.78 is 1.75. The van der Waals surface area contributed by atoms with Gasteiger partial charge in [-0.15, -0.1) is 0 Å². The average Bonchev–Trinajstić information content (AvgIpc) is 3.00. The van der Waals surface area contributed by atoms with Gasteiger partial charge in [0.2, 0.25) is 0 Å². The highest BCUT2D eigenvalue weighted by atomic mass is 35.5. The van der Waals surface area contributed by atoms with Crippen LogP contribution in [-0.4, -0.2) is 22.9 Å². The second kappa shape index (κ2) is 8.21. The quantitative estimate of drug-likeness (QED) is 0.525. The highest BCUT2D eigenvalue weighted by Gasteiger charge is 2.24. The van der Waals surface area contributed by atoms with E-state index in [2.05, 4.69) is 0 Å². The lowest BCUT2D eigenvalue weighted by Gasteiger charge is -2.26. The van der Waals surface area contributed by atoms with Crippen molar-refractivity contribution in [1.82, 2.24) is 4.68 Å². The minimum Gasteiger partial charge on any atom is -0.292 e. The van der Waals surface area contributed by atoms with Crippen molar-refractivity contribution in [2.45, 2.75) is 20.8 Å². The fraction of sp³-hybridized carbons (Fsp3) is 0.182. The van der Waals surface area contributed by atoms with Crippen LogP contribution in [0.4, 0.5) is 0 Å². The third-order valence-electron chi connectivity index (χ3n) is 4.54. The number of nitrogens with zero attached hydrogens (tertiary/aromatic N) is 2. The van der Waals surface area contributed by atoms with E-state index >= 15 is 0 Å². The van der Waals surface area contributed by atoms with Gasteiger partial charge in [0.1, 0.15) is 6.54 Å². The summed E-state index contributed by atoms with van der Waals surface area (Å²) in [7, 11) is 0. The maximum Gasteiger partial charge on any atom is 0.273 e. The van der Waals surface area contributed by atoms with Crippen molar-refractivity contribution < 1.29 is 9.59 Å². The number of Topliss-reactive ketones (excluding diaryl/α,β-unsaturated/α-hetero) is 1. The van der Waals surface area contributed by atoms with E-state index in [9.17, 15) is 9.59 Å². The number of ketones is 1. The van der Waals surface area contributed by atoms with E-state index in [0.29, 0.717) is 21.2 Å². The van der Waals surface area contributed by atoms with Crippen molar-refractivity contribution in [2.24, 2.45) is 0 Å². The standard InChI is InChI=1S/C22H20Cl2N2O2/c1-14-4-8-17(9-5-14)21(27)13-25(26-15(2)6-7-16(26)3)22(28)18-10-11-19(23)20(24)12-18/h4-12H,13H2,1-3H3. The van der Waals surface area contributed by atoms with Crippen LogP contribution in [0.1, 0.15) is 37.7 Å². The van der Waals surface area contributed by atoms with Gasteiger partial charge in [-0.25, -0.2) is 5.01 Å². The van der Waals surface area contributed by atoms with E-state index < -0.39 is 0 Å². The summed E-state index contributed by atoms with van der Waals surface area (Å²) in [5.74, 6) is -0.484. The van der Waals surface area contributed by atoms with Crippen LogP contribution >= 0.6 is 23.2 Å². The molecular formula is C22H20Cl2N2O2. The molecule has 1 aromatic heterocycles. The van der Waals surface area contributed by atoms with E-state index in [1.54, 1.807) is 28.9 Å². The topological polar surface area (TPSA) is 42.3 Å². The van der Waals surface area contributed by atoms with Crippen LogP contribution in [0.25, 0.3) is 0 Å². The summed E-state index contributed by atoms with van der Waals surface area (Å²) in [4.78, 5) is 26.2. The first-order valence-corrected chi connectivity index (χ1v) is 9.55. The van der Waals surface area contributed by atoms with Gasteiger partial charge in [0.25, 0.3) is 5.91 Å². The highest BCUT2D eigenvalue weighted by molar-refractivity contribution is 6.42. The minimum absolute atomic E-state index is 0.0987. The third kappa shape index (κ3) is 4.13. The summed E-state index contributed by atoms with van der Waals surface area (Å²) >= 11 is 12.1. The number of carbonyl (C=O) groups excluding carboxylic acids is 2. The number of halogens is 2. The summed E-state index contributed by atoms with van der Waals surface area (Å²) in [6.07, 6.45) is 0. The molecule has 0 radical (unpaired) electrons. The van der Waals surface area contributed by atoms with E-state index in [-0.39, 0.29) is 18.2 Å². The number of amides is 1. The zero-order valence-corrected chi connectivity index (χ0v) is 17.4. The van der Waals surface area contributed by atoms with Gasteiger partial charge in [-0.1, -0.05) is 53.0 Å². The molecule has 28 heavy (non-hydrogen) atoms. The SMILES string of the molecule is Cc1ccc(C(=O)CN(C(=O)c2ccc(Cl)c(Cl)c2)n2c(C)ccc2C)cc1. The molecule has 0 N–H and O–H groups in total. The van der Waals surface area contributed by atoms with Crippen molar-refractivity contribution in [2.75, 3.05) is 11.6 Å². The molecule has 0 fully saturated rings. The monoisotopic (exact) mass is 414 g/mol. The molecule has 1 amide bonds. The van der Waals surface area contributed by atoms with E-state index in [1.807, 2.05) is 45.0 Å². The molecule has 6 heteroatoms. The van der Waals surface area contributed by atoms with Crippen molar-refractivity contribution in [3.63, 3.8) is 0 Å². The van der Waals surface area contributed by atoms with E-state index in [1.165, 1.54) is 11.1 Å². The Hall–Kier alpha value is -2.56. The Morgan fingerprint density at radius 2 is 1.39 bits per heavy atom. The molecule has 2 aromatic carbocycles. The molecule has 0 saturated heterocycles. The van der Waals surface area contributed by atoms with Crippen LogP contribution in [0.2, 0.25) is 10.0 Å². The van der Waals surface area contributed by atoms with Gasteiger partial charge in [-0.2, -0.15) is 0 Å². The molecule has 0 aliphatic carbocycles. The number of hydrogen-bond acceptors (Lipinski definition) is 2. The van der Waals surface area contributed by atoms with E-state index in [0.717, 1.165) is 17.0 Å². The fourth-order valence-electron chi connectivity index (χ4n) is 3.02. The van der Waals surface area contributed by atoms with Gasteiger partial charge in [0, 0.05) is 22.5 Å². The Balaban J connectivity index is 2.00. The predicted molar refractivity (Wildman–Crippen MR) is 113 cm³/mol. The largest absolute Gasteiger partial charge is 0.292 e. The normalized spacial score (nSPS) is 10.8. The van der Waals surface area contributed by atoms with Gasteiger partial charge in [-0.3, -0.25) is 14.3 Å². The Morgan fingerprint density at radius 3 is 1.96 bits per heavy atom. The van der Waals surface area contributed by atoms with Gasteiger partial charge in [0.05, 0.1) is 10.0 Å². The molecule has 0 aliphatic heterocycles. The summed E-state index contributed by atoms with van der Waals surface area (Å²) in [6, 6.07) is 15.8. The molecule has 4 nitrogen and oxygen atoms in total. The maximum atomic E-state index is 13.3. The molecule has 0 bridgehead atoms. The van der Waals surface area contributed by atoms with Crippen LogP contribution < -0.4 is 5.01 Å². The summed E-state index contributed by atoms with van der Waals surface area (Å²) in [5.41, 5.74) is 3.68. The molecule has 0 unspecified atom stereocenters.